The van der Waals surface area contributed by atoms with Crippen molar-refractivity contribution in [2.75, 3.05) is 13.7 Å². The maximum Gasteiger partial charge on any atom is 0.119 e. The van der Waals surface area contributed by atoms with E-state index in [-0.39, 0.29) is 0 Å². The van der Waals surface area contributed by atoms with E-state index in [0.717, 1.165) is 17.6 Å². The molecule has 0 aromatic heterocycles. The molecular weight excluding hydrogens is 258 g/mol. The van der Waals surface area contributed by atoms with E-state index >= 15 is 0 Å². The number of ether oxygens (including phenoxy) is 1. The highest BCUT2D eigenvalue weighted by molar-refractivity contribution is 5.39. The third-order valence-electron chi connectivity index (χ3n) is 5.45. The van der Waals surface area contributed by atoms with Crippen molar-refractivity contribution in [3.63, 3.8) is 0 Å². The molecule has 1 aromatic rings. The van der Waals surface area contributed by atoms with Crippen LogP contribution in [-0.2, 0) is 6.42 Å². The molecule has 2 aliphatic rings. The van der Waals surface area contributed by atoms with Gasteiger partial charge < -0.3 is 10.1 Å². The lowest BCUT2D eigenvalue weighted by molar-refractivity contribution is 0.270. The third-order valence-corrected chi connectivity index (χ3v) is 5.45. The minimum absolute atomic E-state index is 0.555. The number of fused-ring (bicyclic) bond motifs is 1. The number of hydrogen-bond acceptors (Lipinski definition) is 2. The first kappa shape index (κ1) is 14.9. The van der Waals surface area contributed by atoms with Gasteiger partial charge in [0.1, 0.15) is 5.75 Å². The summed E-state index contributed by atoms with van der Waals surface area (Å²) >= 11 is 0. The first-order valence-corrected chi connectivity index (χ1v) is 8.66. The average Bonchev–Trinajstić information content (AvgIpc) is 2.53. The highest BCUT2D eigenvalue weighted by atomic mass is 16.5. The van der Waals surface area contributed by atoms with Crippen molar-refractivity contribution in [1.82, 2.24) is 5.32 Å². The highest BCUT2D eigenvalue weighted by Gasteiger charge is 2.23. The molecule has 1 atom stereocenters. The van der Waals surface area contributed by atoms with Crippen molar-refractivity contribution in [2.45, 2.75) is 57.9 Å². The van der Waals surface area contributed by atoms with E-state index < -0.39 is 0 Å². The summed E-state index contributed by atoms with van der Waals surface area (Å²) in [5, 5.41) is 3.86. The molecule has 0 spiro atoms. The number of rotatable bonds is 4. The molecule has 3 rings (SSSR count). The Balaban J connectivity index is 1.60. The van der Waals surface area contributed by atoms with E-state index in [4.69, 9.17) is 4.74 Å². The van der Waals surface area contributed by atoms with Gasteiger partial charge in [-0.1, -0.05) is 25.8 Å². The van der Waals surface area contributed by atoms with Gasteiger partial charge in [0.2, 0.25) is 0 Å². The standard InChI is InChI=1S/C19H29NO/c1-14-6-8-15(9-7-14)13-20-19-5-3-4-16-12-17(21-2)10-11-18(16)19/h10-12,14-15,19-20H,3-9,13H2,1-2H3. The Labute approximate surface area is 129 Å². The van der Waals surface area contributed by atoms with Gasteiger partial charge in [-0.05, 0) is 73.7 Å². The molecule has 0 saturated heterocycles. The molecule has 0 heterocycles. The Bertz CT molecular complexity index is 463. The zero-order valence-corrected chi connectivity index (χ0v) is 13.5. The number of benzene rings is 1. The van der Waals surface area contributed by atoms with Crippen LogP contribution in [0.1, 0.15) is 62.6 Å². The molecule has 2 heteroatoms. The smallest absolute Gasteiger partial charge is 0.119 e. The van der Waals surface area contributed by atoms with E-state index in [1.165, 1.54) is 62.6 Å². The molecular formula is C19H29NO. The van der Waals surface area contributed by atoms with Crippen LogP contribution >= 0.6 is 0 Å². The predicted molar refractivity (Wildman–Crippen MR) is 87.8 cm³/mol. The Morgan fingerprint density at radius 2 is 1.95 bits per heavy atom. The van der Waals surface area contributed by atoms with Crippen LogP contribution in [0.15, 0.2) is 18.2 Å². The Morgan fingerprint density at radius 3 is 2.71 bits per heavy atom. The van der Waals surface area contributed by atoms with E-state index in [1.54, 1.807) is 7.11 Å². The van der Waals surface area contributed by atoms with Crippen LogP contribution < -0.4 is 10.1 Å². The molecule has 2 nitrogen and oxygen atoms in total. The largest absolute Gasteiger partial charge is 0.497 e. The molecule has 0 radical (unpaired) electrons. The summed E-state index contributed by atoms with van der Waals surface area (Å²) in [4.78, 5) is 0. The topological polar surface area (TPSA) is 21.3 Å². The number of nitrogens with one attached hydrogen (secondary N) is 1. The highest BCUT2D eigenvalue weighted by Crippen LogP contribution is 2.33. The summed E-state index contributed by atoms with van der Waals surface area (Å²) in [6, 6.07) is 7.17. The lowest BCUT2D eigenvalue weighted by Gasteiger charge is -2.31. The van der Waals surface area contributed by atoms with Crippen LogP contribution in [0.5, 0.6) is 5.75 Å². The molecule has 1 aromatic carbocycles. The monoisotopic (exact) mass is 287 g/mol. The van der Waals surface area contributed by atoms with Crippen LogP contribution in [0.25, 0.3) is 0 Å². The van der Waals surface area contributed by atoms with Gasteiger partial charge in [-0.3, -0.25) is 0 Å². The fourth-order valence-corrected chi connectivity index (χ4v) is 3.97. The molecule has 0 amide bonds. The van der Waals surface area contributed by atoms with Gasteiger partial charge in [0, 0.05) is 6.04 Å². The second-order valence-corrected chi connectivity index (χ2v) is 7.04. The van der Waals surface area contributed by atoms with Crippen molar-refractivity contribution in [1.29, 1.82) is 0 Å². The van der Waals surface area contributed by atoms with Crippen molar-refractivity contribution in [3.8, 4) is 5.75 Å². The summed E-state index contributed by atoms with van der Waals surface area (Å²) in [5.74, 6) is 2.84. The summed E-state index contributed by atoms with van der Waals surface area (Å²) in [7, 11) is 1.75. The molecule has 21 heavy (non-hydrogen) atoms. The Hall–Kier alpha value is -1.02. The maximum atomic E-state index is 5.36. The summed E-state index contributed by atoms with van der Waals surface area (Å²) in [6.45, 7) is 3.59. The molecule has 1 saturated carbocycles. The number of hydrogen-bond donors (Lipinski definition) is 1. The van der Waals surface area contributed by atoms with Crippen molar-refractivity contribution < 1.29 is 4.74 Å². The summed E-state index contributed by atoms with van der Waals surface area (Å²) in [5.41, 5.74) is 2.99. The minimum Gasteiger partial charge on any atom is -0.497 e. The molecule has 0 bridgehead atoms. The average molecular weight is 287 g/mol. The van der Waals surface area contributed by atoms with Crippen molar-refractivity contribution in [3.05, 3.63) is 29.3 Å². The van der Waals surface area contributed by atoms with E-state index in [0.29, 0.717) is 6.04 Å². The lowest BCUT2D eigenvalue weighted by Crippen LogP contribution is -2.31. The lowest BCUT2D eigenvalue weighted by atomic mass is 9.82. The zero-order chi connectivity index (χ0) is 14.7. The normalized spacial score (nSPS) is 29.0. The first-order valence-electron chi connectivity index (χ1n) is 8.66. The SMILES string of the molecule is COc1ccc2c(c1)CCCC2NCC1CCC(C)CC1. The van der Waals surface area contributed by atoms with Gasteiger partial charge in [0.05, 0.1) is 7.11 Å². The van der Waals surface area contributed by atoms with Crippen LogP contribution in [0.3, 0.4) is 0 Å². The fourth-order valence-electron chi connectivity index (χ4n) is 3.97. The van der Waals surface area contributed by atoms with Crippen molar-refractivity contribution in [2.24, 2.45) is 11.8 Å². The number of methoxy groups -OCH3 is 1. The molecule has 116 valence electrons. The Kier molecular flexibility index (Phi) is 4.84. The predicted octanol–water partition coefficient (Wildman–Crippen LogP) is 4.49. The molecule has 1 N–H and O–H groups in total. The fraction of sp³-hybridized carbons (Fsp3) is 0.684. The van der Waals surface area contributed by atoms with Gasteiger partial charge in [0.25, 0.3) is 0 Å². The van der Waals surface area contributed by atoms with E-state index in [9.17, 15) is 0 Å². The second-order valence-electron chi connectivity index (χ2n) is 7.04. The van der Waals surface area contributed by atoms with Gasteiger partial charge in [-0.25, -0.2) is 0 Å². The van der Waals surface area contributed by atoms with Crippen molar-refractivity contribution >= 4 is 0 Å². The molecule has 1 fully saturated rings. The van der Waals surface area contributed by atoms with Gasteiger partial charge in [0.15, 0.2) is 0 Å². The molecule has 1 unspecified atom stereocenters. The van der Waals surface area contributed by atoms with E-state index in [1.807, 2.05) is 0 Å². The van der Waals surface area contributed by atoms with Gasteiger partial charge >= 0.3 is 0 Å². The third kappa shape index (κ3) is 3.60. The maximum absolute atomic E-state index is 5.36. The van der Waals surface area contributed by atoms with Gasteiger partial charge in [-0.15, -0.1) is 0 Å². The van der Waals surface area contributed by atoms with Crippen LogP contribution in [-0.4, -0.2) is 13.7 Å². The second kappa shape index (κ2) is 6.83. The minimum atomic E-state index is 0.555. The van der Waals surface area contributed by atoms with Crippen LogP contribution in [0.2, 0.25) is 0 Å². The van der Waals surface area contributed by atoms with Gasteiger partial charge in [-0.2, -0.15) is 0 Å². The zero-order valence-electron chi connectivity index (χ0n) is 13.5. The van der Waals surface area contributed by atoms with Crippen LogP contribution in [0, 0.1) is 11.8 Å². The quantitative estimate of drug-likeness (QED) is 0.881. The molecule has 2 aliphatic carbocycles. The Morgan fingerprint density at radius 1 is 1.14 bits per heavy atom. The summed E-state index contributed by atoms with van der Waals surface area (Å²) in [6.07, 6.45) is 9.44. The number of aryl methyl sites for hydroxylation is 1. The summed E-state index contributed by atoms with van der Waals surface area (Å²) < 4.78 is 5.36. The first-order chi connectivity index (χ1) is 10.3. The van der Waals surface area contributed by atoms with E-state index in [2.05, 4.69) is 30.4 Å². The molecule has 0 aliphatic heterocycles. The van der Waals surface area contributed by atoms with Crippen LogP contribution in [0.4, 0.5) is 0 Å².